The highest BCUT2D eigenvalue weighted by atomic mass is 19.4. The number of nitrogens with one attached hydrogen (secondary N) is 1. The van der Waals surface area contributed by atoms with Crippen molar-refractivity contribution in [2.45, 2.75) is 72.3 Å². The van der Waals surface area contributed by atoms with Gasteiger partial charge in [-0.25, -0.2) is 0 Å². The van der Waals surface area contributed by atoms with Crippen LogP contribution in [0.5, 0.6) is 0 Å². The molecule has 0 aromatic heterocycles. The molecule has 0 saturated carbocycles. The van der Waals surface area contributed by atoms with E-state index >= 15 is 0 Å². The van der Waals surface area contributed by atoms with Crippen LogP contribution in [-0.2, 0) is 9.59 Å². The Bertz CT molecular complexity index is 1080. The van der Waals surface area contributed by atoms with Gasteiger partial charge in [0.1, 0.15) is 0 Å². The van der Waals surface area contributed by atoms with Crippen LogP contribution in [0.15, 0.2) is 0 Å². The Morgan fingerprint density at radius 3 is 1.16 bits per heavy atom. The maximum absolute atomic E-state index is 13.9. The lowest BCUT2D eigenvalue weighted by molar-refractivity contribution is -0.890. The van der Waals surface area contributed by atoms with Gasteiger partial charge in [-0.3, -0.25) is 4.79 Å². The number of aliphatic carboxylic acids is 1. The van der Waals surface area contributed by atoms with E-state index in [9.17, 15) is 107 Å². The highest BCUT2D eigenvalue weighted by Gasteiger charge is 2.98. The number of carboxylic acid groups (broad SMARTS) is 1. The van der Waals surface area contributed by atoms with E-state index in [4.69, 9.17) is 0 Å². The van der Waals surface area contributed by atoms with E-state index in [-0.39, 0.29) is 17.6 Å². The standard InChI is InChI=1S/C19H17F21N2O3/c1-42(2,7-4-8(43)44)6-3-5-41-9(45)10(20,21)11(22,23)12(24,25)13(26,27)14(28,29)15(30,31)16(32,33)17(34,35)18(36,37)19(38,39)40/h3-7H2,1-2H3,(H-,41,43,44,45). The van der Waals surface area contributed by atoms with Crippen LogP contribution in [0, 0.1) is 0 Å². The van der Waals surface area contributed by atoms with E-state index in [1.165, 1.54) is 14.1 Å². The largest absolute Gasteiger partial charge is 0.550 e. The van der Waals surface area contributed by atoms with Crippen LogP contribution in [0.25, 0.3) is 0 Å². The average Bonchev–Trinajstić information content (AvgIpc) is 2.83. The molecule has 0 atom stereocenters. The molecule has 0 aliphatic heterocycles. The number of amides is 1. The van der Waals surface area contributed by atoms with Crippen LogP contribution in [0.2, 0.25) is 0 Å². The van der Waals surface area contributed by atoms with Gasteiger partial charge in [0.15, 0.2) is 0 Å². The second-order valence-corrected chi connectivity index (χ2v) is 9.78. The fourth-order valence-electron chi connectivity index (χ4n) is 3.03. The van der Waals surface area contributed by atoms with Crippen LogP contribution >= 0.6 is 0 Å². The molecule has 0 spiro atoms. The van der Waals surface area contributed by atoms with Crippen molar-refractivity contribution >= 4 is 11.9 Å². The summed E-state index contributed by atoms with van der Waals surface area (Å²) >= 11 is 0. The maximum Gasteiger partial charge on any atom is 0.460 e. The Morgan fingerprint density at radius 1 is 0.533 bits per heavy atom. The van der Waals surface area contributed by atoms with E-state index in [1.54, 1.807) is 0 Å². The summed E-state index contributed by atoms with van der Waals surface area (Å²) in [6.45, 7) is -1.90. The first-order valence-electron chi connectivity index (χ1n) is 11.1. The predicted octanol–water partition coefficient (Wildman–Crippen LogP) is 4.99. The Hall–Kier alpha value is -2.57. The number of carbonyl (C=O) groups is 2. The molecule has 0 aromatic rings. The van der Waals surface area contributed by atoms with Crippen molar-refractivity contribution in [1.82, 2.24) is 5.32 Å². The van der Waals surface area contributed by atoms with E-state index in [0.29, 0.717) is 5.32 Å². The summed E-state index contributed by atoms with van der Waals surface area (Å²) in [6, 6.07) is 0. The minimum absolute atomic E-state index is 0.260. The maximum atomic E-state index is 13.9. The number of hydrogen-bond acceptors (Lipinski definition) is 3. The smallest absolute Gasteiger partial charge is 0.460 e. The zero-order chi connectivity index (χ0) is 36.9. The van der Waals surface area contributed by atoms with E-state index in [1.807, 2.05) is 0 Å². The van der Waals surface area contributed by atoms with Gasteiger partial charge < -0.3 is 19.7 Å². The molecule has 0 radical (unpaired) electrons. The van der Waals surface area contributed by atoms with Crippen molar-refractivity contribution in [3.8, 4) is 0 Å². The quantitative estimate of drug-likeness (QED) is 0.139. The molecule has 45 heavy (non-hydrogen) atoms. The molecule has 5 nitrogen and oxygen atoms in total. The normalized spacial score (nSPS) is 15.7. The third-order valence-electron chi connectivity index (χ3n) is 5.94. The number of carbonyl (C=O) groups excluding carboxylic acids is 2. The highest BCUT2D eigenvalue weighted by molar-refractivity contribution is 5.84. The van der Waals surface area contributed by atoms with Gasteiger partial charge in [0.05, 0.1) is 27.2 Å². The van der Waals surface area contributed by atoms with Crippen LogP contribution in [0.1, 0.15) is 12.8 Å². The monoisotopic (exact) mass is 720 g/mol. The SMILES string of the molecule is C[N+](C)(CCCNC(=O)C(F)(F)C(F)(F)C(F)(F)C(F)(F)C(F)(F)C(F)(F)C(F)(F)C(F)(F)C(F)(F)C(F)(F)F)CCC(=O)[O-]. The molecular formula is C19H17F21N2O3. The van der Waals surface area contributed by atoms with E-state index < -0.39 is 90.7 Å². The summed E-state index contributed by atoms with van der Waals surface area (Å²) in [7, 11) is 2.49. The van der Waals surface area contributed by atoms with Gasteiger partial charge in [0.25, 0.3) is 5.91 Å². The lowest BCUT2D eigenvalue weighted by Gasteiger charge is -2.44. The number of alkyl halides is 21. The molecule has 0 aromatic carbocycles. The Balaban J connectivity index is 6.48. The molecule has 0 unspecified atom stereocenters. The first-order chi connectivity index (χ1) is 19.3. The molecule has 0 rings (SSSR count). The summed E-state index contributed by atoms with van der Waals surface area (Å²) < 4.78 is 280. The number of hydrogen-bond donors (Lipinski definition) is 1. The second-order valence-electron chi connectivity index (χ2n) is 9.78. The summed E-state index contributed by atoms with van der Waals surface area (Å²) in [5, 5.41) is 11.1. The summed E-state index contributed by atoms with van der Waals surface area (Å²) in [6.07, 6.45) is -9.33. The Kier molecular flexibility index (Phi) is 11.2. The number of halogens is 21. The number of carboxylic acids is 1. The Labute approximate surface area is 235 Å². The molecule has 0 fully saturated rings. The van der Waals surface area contributed by atoms with Gasteiger partial charge in [-0.05, 0) is 0 Å². The van der Waals surface area contributed by atoms with Gasteiger partial charge in [0, 0.05) is 25.4 Å². The van der Waals surface area contributed by atoms with Crippen molar-refractivity contribution in [2.24, 2.45) is 0 Å². The van der Waals surface area contributed by atoms with Crippen molar-refractivity contribution in [2.75, 3.05) is 33.7 Å². The molecule has 0 aliphatic carbocycles. The second kappa shape index (κ2) is 11.9. The zero-order valence-electron chi connectivity index (χ0n) is 21.6. The molecule has 0 heterocycles. The van der Waals surface area contributed by atoms with Gasteiger partial charge in [-0.1, -0.05) is 0 Å². The minimum Gasteiger partial charge on any atom is -0.550 e. The summed E-state index contributed by atoms with van der Waals surface area (Å²) in [5.41, 5.74) is 0. The van der Waals surface area contributed by atoms with Gasteiger partial charge in [-0.2, -0.15) is 92.2 Å². The minimum atomic E-state index is -9.29. The third kappa shape index (κ3) is 6.65. The van der Waals surface area contributed by atoms with Crippen molar-refractivity contribution in [3.63, 3.8) is 0 Å². The summed E-state index contributed by atoms with van der Waals surface area (Å²) in [5.74, 6) is -84.3. The average molecular weight is 720 g/mol. The molecule has 0 bridgehead atoms. The number of quaternary nitrogens is 1. The van der Waals surface area contributed by atoms with Gasteiger partial charge in [0.2, 0.25) is 0 Å². The molecular weight excluding hydrogens is 703 g/mol. The highest BCUT2D eigenvalue weighted by Crippen LogP contribution is 2.66. The number of rotatable bonds is 16. The van der Waals surface area contributed by atoms with E-state index in [0.717, 1.165) is 0 Å². The first kappa shape index (κ1) is 42.4. The number of nitrogens with zero attached hydrogens (tertiary/aromatic N) is 1. The zero-order valence-corrected chi connectivity index (χ0v) is 21.6. The predicted molar refractivity (Wildman–Crippen MR) is 99.7 cm³/mol. The molecule has 0 aliphatic rings. The lowest BCUT2D eigenvalue weighted by Crippen LogP contribution is -2.77. The lowest BCUT2D eigenvalue weighted by atomic mass is 9.86. The fourth-order valence-corrected chi connectivity index (χ4v) is 3.03. The molecule has 0 saturated heterocycles. The van der Waals surface area contributed by atoms with Crippen LogP contribution in [-0.4, -0.2) is 110 Å². The molecule has 268 valence electrons. The summed E-state index contributed by atoms with van der Waals surface area (Å²) in [4.78, 5) is 21.8. The molecule has 1 N–H and O–H groups in total. The first-order valence-corrected chi connectivity index (χ1v) is 11.1. The van der Waals surface area contributed by atoms with Gasteiger partial charge in [-0.15, -0.1) is 0 Å². The van der Waals surface area contributed by atoms with Crippen LogP contribution < -0.4 is 10.4 Å². The third-order valence-corrected chi connectivity index (χ3v) is 5.94. The molecule has 26 heteroatoms. The van der Waals surface area contributed by atoms with Crippen molar-refractivity contribution < 1.29 is 111 Å². The molecule has 1 amide bonds. The van der Waals surface area contributed by atoms with Crippen molar-refractivity contribution in [3.05, 3.63) is 0 Å². The van der Waals surface area contributed by atoms with Gasteiger partial charge >= 0.3 is 59.5 Å². The van der Waals surface area contributed by atoms with E-state index in [2.05, 4.69) is 0 Å². The fraction of sp³-hybridized carbons (Fsp3) is 0.895. The van der Waals surface area contributed by atoms with Crippen LogP contribution in [0.3, 0.4) is 0 Å². The van der Waals surface area contributed by atoms with Crippen molar-refractivity contribution in [1.29, 1.82) is 0 Å². The van der Waals surface area contributed by atoms with Crippen LogP contribution in [0.4, 0.5) is 92.2 Å². The topological polar surface area (TPSA) is 69.2 Å². The Morgan fingerprint density at radius 2 is 0.844 bits per heavy atom.